The highest BCUT2D eigenvalue weighted by atomic mass is 14.9. The van der Waals surface area contributed by atoms with Crippen molar-refractivity contribution in [3.05, 3.63) is 29.8 Å². The first kappa shape index (κ1) is 15.0. The van der Waals surface area contributed by atoms with E-state index in [4.69, 9.17) is 5.73 Å². The van der Waals surface area contributed by atoms with Crippen LogP contribution in [0, 0.1) is 5.41 Å². The van der Waals surface area contributed by atoms with Gasteiger partial charge in [0, 0.05) is 12.2 Å². The van der Waals surface area contributed by atoms with Gasteiger partial charge in [0.1, 0.15) is 0 Å². The van der Waals surface area contributed by atoms with Crippen LogP contribution < -0.4 is 11.1 Å². The minimum absolute atomic E-state index is 0.226. The Bertz CT molecular complexity index is 341. The van der Waals surface area contributed by atoms with Gasteiger partial charge in [0.25, 0.3) is 0 Å². The van der Waals surface area contributed by atoms with E-state index in [-0.39, 0.29) is 5.41 Å². The van der Waals surface area contributed by atoms with Gasteiger partial charge in [-0.25, -0.2) is 0 Å². The van der Waals surface area contributed by atoms with Crippen molar-refractivity contribution in [2.45, 2.75) is 46.5 Å². The van der Waals surface area contributed by atoms with Crippen molar-refractivity contribution < 1.29 is 0 Å². The summed E-state index contributed by atoms with van der Waals surface area (Å²) in [5.41, 5.74) is 8.58. The molecule has 1 aromatic rings. The van der Waals surface area contributed by atoms with Gasteiger partial charge < -0.3 is 11.1 Å². The van der Waals surface area contributed by atoms with E-state index in [1.54, 1.807) is 0 Å². The Balaban J connectivity index is 2.45. The van der Waals surface area contributed by atoms with Crippen LogP contribution in [0.4, 0.5) is 5.69 Å². The molecule has 0 saturated carbocycles. The Kier molecular flexibility index (Phi) is 5.67. The summed E-state index contributed by atoms with van der Waals surface area (Å²) in [7, 11) is 0. The topological polar surface area (TPSA) is 38.0 Å². The van der Waals surface area contributed by atoms with Crippen LogP contribution in [0.1, 0.15) is 52.0 Å². The van der Waals surface area contributed by atoms with Gasteiger partial charge in [0.2, 0.25) is 0 Å². The van der Waals surface area contributed by atoms with Crippen LogP contribution in [0.2, 0.25) is 0 Å². The summed E-state index contributed by atoms with van der Waals surface area (Å²) >= 11 is 0. The molecule has 0 aromatic heterocycles. The van der Waals surface area contributed by atoms with Crippen LogP contribution in [-0.4, -0.2) is 13.1 Å². The molecular weight excluding hydrogens is 220 g/mol. The standard InChI is InChI=1S/C16H28N2/c1-5-13(2)14-6-8-15(9-7-14)18-11-10-16(3,4)12-17/h6-9,13,18H,5,10-12,17H2,1-4H3. The lowest BCUT2D eigenvalue weighted by atomic mass is 9.90. The van der Waals surface area contributed by atoms with Crippen molar-refractivity contribution in [3.63, 3.8) is 0 Å². The first-order valence-electron chi connectivity index (χ1n) is 7.02. The Morgan fingerprint density at radius 3 is 2.33 bits per heavy atom. The molecule has 102 valence electrons. The molecule has 0 saturated heterocycles. The van der Waals surface area contributed by atoms with E-state index in [1.807, 2.05) is 0 Å². The maximum Gasteiger partial charge on any atom is 0.0340 e. The minimum atomic E-state index is 0.226. The van der Waals surface area contributed by atoms with Crippen LogP contribution in [0.5, 0.6) is 0 Å². The normalized spacial score (nSPS) is 13.4. The molecule has 0 fully saturated rings. The second kappa shape index (κ2) is 6.79. The molecule has 18 heavy (non-hydrogen) atoms. The predicted octanol–water partition coefficient (Wildman–Crippen LogP) is 3.99. The Labute approximate surface area is 112 Å². The van der Waals surface area contributed by atoms with Gasteiger partial charge in [-0.05, 0) is 48.4 Å². The van der Waals surface area contributed by atoms with Crippen molar-refractivity contribution in [2.75, 3.05) is 18.4 Å². The first-order valence-corrected chi connectivity index (χ1v) is 7.02. The van der Waals surface area contributed by atoms with E-state index in [9.17, 15) is 0 Å². The monoisotopic (exact) mass is 248 g/mol. The van der Waals surface area contributed by atoms with Crippen molar-refractivity contribution in [3.8, 4) is 0 Å². The average Bonchev–Trinajstić information content (AvgIpc) is 2.38. The van der Waals surface area contributed by atoms with Gasteiger partial charge in [-0.15, -0.1) is 0 Å². The lowest BCUT2D eigenvalue weighted by Gasteiger charge is -2.22. The number of rotatable bonds is 7. The molecule has 0 spiro atoms. The maximum atomic E-state index is 5.73. The Morgan fingerprint density at radius 1 is 1.22 bits per heavy atom. The molecule has 1 aromatic carbocycles. The van der Waals surface area contributed by atoms with E-state index in [0.717, 1.165) is 19.5 Å². The molecule has 0 amide bonds. The predicted molar refractivity (Wildman–Crippen MR) is 81.1 cm³/mol. The van der Waals surface area contributed by atoms with Gasteiger partial charge in [-0.2, -0.15) is 0 Å². The Morgan fingerprint density at radius 2 is 1.83 bits per heavy atom. The van der Waals surface area contributed by atoms with Crippen molar-refractivity contribution >= 4 is 5.69 Å². The number of hydrogen-bond donors (Lipinski definition) is 2. The highest BCUT2D eigenvalue weighted by Gasteiger charge is 2.14. The summed E-state index contributed by atoms with van der Waals surface area (Å²) < 4.78 is 0. The van der Waals surface area contributed by atoms with Gasteiger partial charge in [0.05, 0.1) is 0 Å². The van der Waals surface area contributed by atoms with Crippen LogP contribution in [-0.2, 0) is 0 Å². The summed E-state index contributed by atoms with van der Waals surface area (Å²) in [6.07, 6.45) is 2.29. The third-order valence-corrected chi connectivity index (χ3v) is 3.78. The van der Waals surface area contributed by atoms with E-state index >= 15 is 0 Å². The molecule has 0 radical (unpaired) electrons. The van der Waals surface area contributed by atoms with E-state index in [2.05, 4.69) is 57.3 Å². The van der Waals surface area contributed by atoms with Gasteiger partial charge in [-0.1, -0.05) is 39.8 Å². The molecule has 1 atom stereocenters. The lowest BCUT2D eigenvalue weighted by Crippen LogP contribution is -2.26. The highest BCUT2D eigenvalue weighted by molar-refractivity contribution is 5.45. The summed E-state index contributed by atoms with van der Waals surface area (Å²) in [5.74, 6) is 0.648. The third kappa shape index (κ3) is 4.69. The zero-order chi connectivity index (χ0) is 13.6. The van der Waals surface area contributed by atoms with Crippen molar-refractivity contribution in [2.24, 2.45) is 11.1 Å². The van der Waals surface area contributed by atoms with Gasteiger partial charge in [-0.3, -0.25) is 0 Å². The summed E-state index contributed by atoms with van der Waals surface area (Å²) in [5, 5.41) is 3.46. The molecule has 0 aliphatic heterocycles. The molecule has 1 unspecified atom stereocenters. The number of benzene rings is 1. The largest absolute Gasteiger partial charge is 0.385 e. The number of hydrogen-bond acceptors (Lipinski definition) is 2. The van der Waals surface area contributed by atoms with Crippen molar-refractivity contribution in [1.82, 2.24) is 0 Å². The average molecular weight is 248 g/mol. The fourth-order valence-electron chi connectivity index (χ4n) is 1.81. The van der Waals surface area contributed by atoms with Crippen LogP contribution in [0.25, 0.3) is 0 Å². The molecule has 1 rings (SSSR count). The van der Waals surface area contributed by atoms with Gasteiger partial charge in [0.15, 0.2) is 0 Å². The molecule has 2 nitrogen and oxygen atoms in total. The molecule has 0 bridgehead atoms. The first-order chi connectivity index (χ1) is 8.48. The van der Waals surface area contributed by atoms with E-state index < -0.39 is 0 Å². The van der Waals surface area contributed by atoms with Crippen LogP contribution in [0.3, 0.4) is 0 Å². The second-order valence-corrected chi connectivity index (χ2v) is 5.98. The number of anilines is 1. The van der Waals surface area contributed by atoms with E-state index in [1.165, 1.54) is 17.7 Å². The highest BCUT2D eigenvalue weighted by Crippen LogP contribution is 2.21. The number of nitrogens with two attached hydrogens (primary N) is 1. The summed E-state index contributed by atoms with van der Waals surface area (Å²) in [6.45, 7) is 10.6. The Hall–Kier alpha value is -1.02. The van der Waals surface area contributed by atoms with Gasteiger partial charge >= 0.3 is 0 Å². The summed E-state index contributed by atoms with van der Waals surface area (Å²) in [4.78, 5) is 0. The number of nitrogens with one attached hydrogen (secondary N) is 1. The quantitative estimate of drug-likeness (QED) is 0.765. The summed E-state index contributed by atoms with van der Waals surface area (Å²) in [6, 6.07) is 8.81. The van der Waals surface area contributed by atoms with E-state index in [0.29, 0.717) is 5.92 Å². The fraction of sp³-hybridized carbons (Fsp3) is 0.625. The molecule has 0 aliphatic rings. The van der Waals surface area contributed by atoms with Crippen LogP contribution >= 0.6 is 0 Å². The zero-order valence-electron chi connectivity index (χ0n) is 12.3. The third-order valence-electron chi connectivity index (χ3n) is 3.78. The lowest BCUT2D eigenvalue weighted by molar-refractivity contribution is 0.358. The smallest absolute Gasteiger partial charge is 0.0340 e. The fourth-order valence-corrected chi connectivity index (χ4v) is 1.81. The molecular formula is C16H28N2. The maximum absolute atomic E-state index is 5.73. The molecule has 2 heteroatoms. The molecule has 3 N–H and O–H groups in total. The second-order valence-electron chi connectivity index (χ2n) is 5.98. The minimum Gasteiger partial charge on any atom is -0.385 e. The SMILES string of the molecule is CCC(C)c1ccc(NCCC(C)(C)CN)cc1. The molecule has 0 heterocycles. The van der Waals surface area contributed by atoms with Crippen LogP contribution in [0.15, 0.2) is 24.3 Å². The zero-order valence-corrected chi connectivity index (χ0v) is 12.3. The molecule has 0 aliphatic carbocycles. The van der Waals surface area contributed by atoms with Crippen molar-refractivity contribution in [1.29, 1.82) is 0 Å².